The molecular weight excluding hydrogens is 414 g/mol. The minimum Gasteiger partial charge on any atom is -0.366 e. The van der Waals surface area contributed by atoms with Crippen molar-refractivity contribution in [3.63, 3.8) is 0 Å². The number of amides is 2. The summed E-state index contributed by atoms with van der Waals surface area (Å²) in [6.07, 6.45) is 2.67. The predicted octanol–water partition coefficient (Wildman–Crippen LogP) is 2.54. The number of hydrogen-bond donors (Lipinski definition) is 2. The van der Waals surface area contributed by atoms with Crippen molar-refractivity contribution in [2.24, 2.45) is 5.73 Å². The van der Waals surface area contributed by atoms with E-state index in [1.807, 2.05) is 0 Å². The summed E-state index contributed by atoms with van der Waals surface area (Å²) in [6, 6.07) is 10.7. The van der Waals surface area contributed by atoms with Gasteiger partial charge in [0.05, 0.1) is 15.5 Å². The molecule has 0 aromatic heterocycles. The highest BCUT2D eigenvalue weighted by Crippen LogP contribution is 2.25. The van der Waals surface area contributed by atoms with Crippen molar-refractivity contribution in [1.29, 1.82) is 0 Å². The fourth-order valence-electron chi connectivity index (χ4n) is 3.16. The molecule has 2 aromatic carbocycles. The van der Waals surface area contributed by atoms with Gasteiger partial charge >= 0.3 is 0 Å². The van der Waals surface area contributed by atoms with E-state index < -0.39 is 21.8 Å². The molecule has 1 saturated heterocycles. The molecule has 2 aromatic rings. The molecule has 29 heavy (non-hydrogen) atoms. The van der Waals surface area contributed by atoms with E-state index in [0.717, 1.165) is 24.8 Å². The summed E-state index contributed by atoms with van der Waals surface area (Å²) in [5.41, 5.74) is 6.44. The third-order valence-corrected chi connectivity index (χ3v) is 7.05. The fourth-order valence-corrected chi connectivity index (χ4v) is 4.90. The largest absolute Gasteiger partial charge is 0.366 e. The van der Waals surface area contributed by atoms with Crippen LogP contribution in [-0.4, -0.2) is 37.6 Å². The van der Waals surface area contributed by atoms with Crippen molar-refractivity contribution in [1.82, 2.24) is 9.62 Å². The first-order chi connectivity index (χ1) is 13.8. The number of carbonyl (C=O) groups excluding carboxylic acids is 2. The van der Waals surface area contributed by atoms with E-state index in [-0.39, 0.29) is 22.0 Å². The second-order valence-electron chi connectivity index (χ2n) is 6.85. The van der Waals surface area contributed by atoms with E-state index in [2.05, 4.69) is 5.32 Å². The highest BCUT2D eigenvalue weighted by atomic mass is 35.5. The SMILES string of the molecule is NC(=O)c1ccc(CNC(=O)c2cc(S(=O)(=O)N3CCCCC3)ccc2Cl)cc1. The third kappa shape index (κ3) is 4.95. The van der Waals surface area contributed by atoms with Gasteiger partial charge in [-0.15, -0.1) is 0 Å². The Hall–Kier alpha value is -2.42. The first kappa shape index (κ1) is 21.3. The van der Waals surface area contributed by atoms with Crippen LogP contribution in [-0.2, 0) is 16.6 Å². The number of carbonyl (C=O) groups is 2. The zero-order chi connectivity index (χ0) is 21.0. The number of sulfonamides is 1. The molecule has 1 aliphatic heterocycles. The van der Waals surface area contributed by atoms with Crippen LogP contribution < -0.4 is 11.1 Å². The first-order valence-corrected chi connectivity index (χ1v) is 11.1. The number of primary amides is 1. The number of piperidine rings is 1. The van der Waals surface area contributed by atoms with Gasteiger partial charge in [0.15, 0.2) is 0 Å². The van der Waals surface area contributed by atoms with E-state index in [1.165, 1.54) is 22.5 Å². The Morgan fingerprint density at radius 2 is 1.69 bits per heavy atom. The number of hydrogen-bond acceptors (Lipinski definition) is 4. The molecule has 0 spiro atoms. The lowest BCUT2D eigenvalue weighted by Crippen LogP contribution is -2.35. The van der Waals surface area contributed by atoms with Gasteiger partial charge in [0, 0.05) is 25.2 Å². The molecule has 0 aliphatic carbocycles. The van der Waals surface area contributed by atoms with Gasteiger partial charge in [-0.05, 0) is 48.7 Å². The summed E-state index contributed by atoms with van der Waals surface area (Å²) in [4.78, 5) is 23.8. The average molecular weight is 436 g/mol. The third-order valence-electron chi connectivity index (χ3n) is 4.83. The van der Waals surface area contributed by atoms with Crippen LogP contribution in [0.15, 0.2) is 47.4 Å². The van der Waals surface area contributed by atoms with Crippen LogP contribution in [0.2, 0.25) is 5.02 Å². The summed E-state index contributed by atoms with van der Waals surface area (Å²) in [5, 5.41) is 2.89. The van der Waals surface area contributed by atoms with Crippen molar-refractivity contribution in [3.8, 4) is 0 Å². The van der Waals surface area contributed by atoms with Crippen molar-refractivity contribution < 1.29 is 18.0 Å². The minimum atomic E-state index is -3.66. The summed E-state index contributed by atoms with van der Waals surface area (Å²) >= 11 is 6.14. The Morgan fingerprint density at radius 1 is 1.03 bits per heavy atom. The van der Waals surface area contributed by atoms with Gasteiger partial charge < -0.3 is 11.1 Å². The number of nitrogens with two attached hydrogens (primary N) is 1. The van der Waals surface area contributed by atoms with Gasteiger partial charge in [0.25, 0.3) is 5.91 Å². The summed E-state index contributed by atoms with van der Waals surface area (Å²) in [7, 11) is -3.66. The summed E-state index contributed by atoms with van der Waals surface area (Å²) in [5.74, 6) is -1.01. The molecule has 9 heteroatoms. The minimum absolute atomic E-state index is 0.0553. The highest BCUT2D eigenvalue weighted by Gasteiger charge is 2.27. The van der Waals surface area contributed by atoms with Gasteiger partial charge in [-0.25, -0.2) is 8.42 Å². The van der Waals surface area contributed by atoms with Gasteiger partial charge in [-0.1, -0.05) is 30.2 Å². The van der Waals surface area contributed by atoms with Crippen LogP contribution >= 0.6 is 11.6 Å². The average Bonchev–Trinajstić information content (AvgIpc) is 2.73. The maximum atomic E-state index is 12.9. The summed E-state index contributed by atoms with van der Waals surface area (Å²) in [6.45, 7) is 1.15. The van der Waals surface area contributed by atoms with E-state index in [0.29, 0.717) is 18.7 Å². The molecule has 7 nitrogen and oxygen atoms in total. The van der Waals surface area contributed by atoms with Crippen LogP contribution in [0.1, 0.15) is 45.5 Å². The van der Waals surface area contributed by atoms with Gasteiger partial charge in [0.2, 0.25) is 15.9 Å². The Morgan fingerprint density at radius 3 is 2.31 bits per heavy atom. The number of benzene rings is 2. The topological polar surface area (TPSA) is 110 Å². The molecule has 1 aliphatic rings. The zero-order valence-electron chi connectivity index (χ0n) is 15.7. The molecular formula is C20H22ClN3O4S. The van der Waals surface area contributed by atoms with Crippen molar-refractivity contribution in [2.45, 2.75) is 30.7 Å². The summed E-state index contributed by atoms with van der Waals surface area (Å²) < 4.78 is 27.2. The normalized spacial score (nSPS) is 15.1. The maximum absolute atomic E-state index is 12.9. The monoisotopic (exact) mass is 435 g/mol. The Bertz CT molecular complexity index is 1020. The Kier molecular flexibility index (Phi) is 6.56. The molecule has 0 saturated carbocycles. The van der Waals surface area contributed by atoms with Gasteiger partial charge in [-0.2, -0.15) is 4.31 Å². The molecule has 3 rings (SSSR count). The predicted molar refractivity (Wildman–Crippen MR) is 110 cm³/mol. The van der Waals surface area contributed by atoms with Crippen LogP contribution in [0.3, 0.4) is 0 Å². The van der Waals surface area contributed by atoms with Gasteiger partial charge in [-0.3, -0.25) is 9.59 Å². The fraction of sp³-hybridized carbons (Fsp3) is 0.300. The number of halogens is 1. The van der Waals surface area contributed by atoms with Crippen molar-refractivity contribution in [2.75, 3.05) is 13.1 Å². The number of rotatable bonds is 6. The second kappa shape index (κ2) is 8.94. The number of nitrogens with one attached hydrogen (secondary N) is 1. The molecule has 0 atom stereocenters. The lowest BCUT2D eigenvalue weighted by molar-refractivity contribution is 0.0949. The Balaban J connectivity index is 1.75. The molecule has 3 N–H and O–H groups in total. The van der Waals surface area contributed by atoms with Crippen LogP contribution in [0.5, 0.6) is 0 Å². The molecule has 2 amide bonds. The smallest absolute Gasteiger partial charge is 0.253 e. The van der Waals surface area contributed by atoms with Crippen molar-refractivity contribution in [3.05, 3.63) is 64.2 Å². The van der Waals surface area contributed by atoms with Crippen LogP contribution in [0.4, 0.5) is 0 Å². The lowest BCUT2D eigenvalue weighted by atomic mass is 10.1. The lowest BCUT2D eigenvalue weighted by Gasteiger charge is -2.26. The molecule has 0 radical (unpaired) electrons. The molecule has 0 unspecified atom stereocenters. The second-order valence-corrected chi connectivity index (χ2v) is 9.20. The molecule has 0 bridgehead atoms. The first-order valence-electron chi connectivity index (χ1n) is 9.25. The quantitative estimate of drug-likeness (QED) is 0.726. The van der Waals surface area contributed by atoms with Crippen LogP contribution in [0.25, 0.3) is 0 Å². The van der Waals surface area contributed by atoms with Gasteiger partial charge in [0.1, 0.15) is 0 Å². The molecule has 1 fully saturated rings. The highest BCUT2D eigenvalue weighted by molar-refractivity contribution is 7.89. The van der Waals surface area contributed by atoms with Crippen molar-refractivity contribution >= 4 is 33.4 Å². The zero-order valence-corrected chi connectivity index (χ0v) is 17.3. The standard InChI is InChI=1S/C20H22ClN3O4S/c21-18-9-8-16(29(27,28)24-10-2-1-3-11-24)12-17(18)20(26)23-13-14-4-6-15(7-5-14)19(22)25/h4-9,12H,1-3,10-11,13H2,(H2,22,25)(H,23,26). The number of nitrogens with zero attached hydrogens (tertiary/aromatic N) is 1. The van der Waals surface area contributed by atoms with Crippen LogP contribution in [0, 0.1) is 0 Å². The van der Waals surface area contributed by atoms with E-state index in [9.17, 15) is 18.0 Å². The van der Waals surface area contributed by atoms with E-state index in [1.54, 1.807) is 24.3 Å². The van der Waals surface area contributed by atoms with E-state index >= 15 is 0 Å². The molecule has 154 valence electrons. The van der Waals surface area contributed by atoms with E-state index in [4.69, 9.17) is 17.3 Å². The Labute approximate surface area is 174 Å². The molecule has 1 heterocycles. The maximum Gasteiger partial charge on any atom is 0.253 e.